The molecule has 1 saturated heterocycles. The van der Waals surface area contributed by atoms with Gasteiger partial charge in [-0.15, -0.1) is 0 Å². The molecule has 1 heterocycles. The van der Waals surface area contributed by atoms with Gasteiger partial charge in [0.05, 0.1) is 6.08 Å². The van der Waals surface area contributed by atoms with Gasteiger partial charge in [-0.3, -0.25) is 0 Å². The molecular formula is C11H15N3O6. The van der Waals surface area contributed by atoms with Crippen LogP contribution in [-0.4, -0.2) is 42.1 Å². The van der Waals surface area contributed by atoms with Crippen molar-refractivity contribution in [2.45, 2.75) is 19.3 Å². The molecule has 0 aliphatic carbocycles. The van der Waals surface area contributed by atoms with Gasteiger partial charge >= 0.3 is 24.1 Å². The maximum absolute atomic E-state index is 11.7. The van der Waals surface area contributed by atoms with E-state index in [2.05, 4.69) is 15.2 Å². The largest absolute Gasteiger partial charge is 0.412 e. The van der Waals surface area contributed by atoms with Crippen molar-refractivity contribution in [1.29, 1.82) is 0 Å². The van der Waals surface area contributed by atoms with E-state index in [9.17, 15) is 19.2 Å². The second-order valence-electron chi connectivity index (χ2n) is 4.03. The van der Waals surface area contributed by atoms with Crippen LogP contribution in [0.1, 0.15) is 19.3 Å². The van der Waals surface area contributed by atoms with Gasteiger partial charge in [-0.2, -0.15) is 0 Å². The molecule has 2 amide bonds. The first kappa shape index (κ1) is 15.5. The topological polar surface area (TPSA) is 142 Å². The van der Waals surface area contributed by atoms with E-state index in [0.717, 1.165) is 25.3 Å². The third-order valence-electron chi connectivity index (χ3n) is 2.55. The molecule has 0 atom stereocenters. The van der Waals surface area contributed by atoms with E-state index in [1.165, 1.54) is 0 Å². The molecule has 0 saturated carbocycles. The summed E-state index contributed by atoms with van der Waals surface area (Å²) in [6.45, 7) is 1.01. The van der Waals surface area contributed by atoms with Gasteiger partial charge in [-0.25, -0.2) is 19.2 Å². The molecule has 4 N–H and O–H groups in total. The van der Waals surface area contributed by atoms with E-state index in [-0.39, 0.29) is 5.70 Å². The summed E-state index contributed by atoms with van der Waals surface area (Å²) < 4.78 is 8.34. The summed E-state index contributed by atoms with van der Waals surface area (Å²) in [5.74, 6) is -2.21. The van der Waals surface area contributed by atoms with Gasteiger partial charge in [-0.05, 0) is 19.3 Å². The molecule has 0 aromatic rings. The highest BCUT2D eigenvalue weighted by Crippen LogP contribution is 2.16. The highest BCUT2D eigenvalue weighted by molar-refractivity contribution is 6.01. The smallest absolute Gasteiger partial charge is 0.373 e. The standard InChI is InChI=1S/C11H15N3O6/c12-10(17)19-8(15)6-7(9(16)20-11(13)18)14-4-2-1-3-5-14/h6H,1-5H2,(H2,12,17)(H2,13,18)/b7-6+. The summed E-state index contributed by atoms with van der Waals surface area (Å²) in [6.07, 6.45) is 0.772. The van der Waals surface area contributed by atoms with Crippen molar-refractivity contribution in [3.8, 4) is 0 Å². The van der Waals surface area contributed by atoms with Crippen LogP contribution in [0.3, 0.4) is 0 Å². The first-order chi connectivity index (χ1) is 9.40. The van der Waals surface area contributed by atoms with Crippen molar-refractivity contribution < 1.29 is 28.7 Å². The predicted molar refractivity (Wildman–Crippen MR) is 64.9 cm³/mol. The zero-order chi connectivity index (χ0) is 15.1. The quantitative estimate of drug-likeness (QED) is 0.408. The Hall–Kier alpha value is -2.58. The number of esters is 2. The number of likely N-dealkylation sites (tertiary alicyclic amines) is 1. The average Bonchev–Trinajstić information content (AvgIpc) is 2.35. The van der Waals surface area contributed by atoms with E-state index in [1.54, 1.807) is 4.90 Å². The number of amides is 2. The number of piperidine rings is 1. The summed E-state index contributed by atoms with van der Waals surface area (Å²) >= 11 is 0. The average molecular weight is 285 g/mol. The molecule has 9 heteroatoms. The Morgan fingerprint density at radius 1 is 0.900 bits per heavy atom. The van der Waals surface area contributed by atoms with Gasteiger partial charge in [0, 0.05) is 13.1 Å². The SMILES string of the molecule is NC(=O)OC(=O)/C=C(\C(=O)OC(N)=O)N1CCCCC1. The van der Waals surface area contributed by atoms with Crippen molar-refractivity contribution in [2.24, 2.45) is 11.5 Å². The number of ether oxygens (including phenoxy) is 2. The van der Waals surface area contributed by atoms with Crippen LogP contribution in [0.5, 0.6) is 0 Å². The Morgan fingerprint density at radius 2 is 1.45 bits per heavy atom. The van der Waals surface area contributed by atoms with Crippen molar-refractivity contribution in [3.63, 3.8) is 0 Å². The second-order valence-corrected chi connectivity index (χ2v) is 4.03. The molecule has 0 aromatic heterocycles. The molecule has 0 radical (unpaired) electrons. The highest BCUT2D eigenvalue weighted by Gasteiger charge is 2.24. The minimum atomic E-state index is -1.30. The Kier molecular flexibility index (Phi) is 5.51. The summed E-state index contributed by atoms with van der Waals surface area (Å²) in [5.41, 5.74) is 9.24. The predicted octanol–water partition coefficient (Wildman–Crippen LogP) is -0.400. The monoisotopic (exact) mass is 285 g/mol. The van der Waals surface area contributed by atoms with Crippen molar-refractivity contribution in [1.82, 2.24) is 4.90 Å². The van der Waals surface area contributed by atoms with E-state index in [0.29, 0.717) is 13.1 Å². The maximum Gasteiger partial charge on any atom is 0.412 e. The lowest BCUT2D eigenvalue weighted by Gasteiger charge is -2.29. The molecule has 1 aliphatic rings. The number of rotatable bonds is 3. The molecule has 0 aromatic carbocycles. The number of hydrogen-bond donors (Lipinski definition) is 2. The zero-order valence-corrected chi connectivity index (χ0v) is 10.7. The molecule has 110 valence electrons. The van der Waals surface area contributed by atoms with Gasteiger partial charge in [0.2, 0.25) is 0 Å². The normalized spacial score (nSPS) is 15.4. The molecule has 0 unspecified atom stereocenters. The minimum absolute atomic E-state index is 0.199. The van der Waals surface area contributed by atoms with Gasteiger partial charge in [0.1, 0.15) is 5.70 Å². The lowest BCUT2D eigenvalue weighted by atomic mass is 10.1. The van der Waals surface area contributed by atoms with E-state index < -0.39 is 24.1 Å². The van der Waals surface area contributed by atoms with Gasteiger partial charge < -0.3 is 25.8 Å². The minimum Gasteiger partial charge on any atom is -0.373 e. The molecule has 9 nitrogen and oxygen atoms in total. The summed E-state index contributed by atoms with van der Waals surface area (Å²) in [6, 6.07) is 0. The van der Waals surface area contributed by atoms with Crippen molar-refractivity contribution in [3.05, 3.63) is 11.8 Å². The molecule has 1 aliphatic heterocycles. The number of carbonyl (C=O) groups is 4. The summed E-state index contributed by atoms with van der Waals surface area (Å²) in [4.78, 5) is 45.7. The number of nitrogens with zero attached hydrogens (tertiary/aromatic N) is 1. The van der Waals surface area contributed by atoms with Crippen LogP contribution in [0.25, 0.3) is 0 Å². The van der Waals surface area contributed by atoms with Crippen molar-refractivity contribution >= 4 is 24.1 Å². The number of nitrogens with two attached hydrogens (primary N) is 2. The third-order valence-corrected chi connectivity index (χ3v) is 2.55. The second kappa shape index (κ2) is 7.12. The first-order valence-electron chi connectivity index (χ1n) is 5.89. The number of hydrogen-bond acceptors (Lipinski definition) is 7. The number of carbonyl (C=O) groups excluding carboxylic acids is 4. The van der Waals surface area contributed by atoms with Gasteiger partial charge in [0.25, 0.3) is 0 Å². The summed E-state index contributed by atoms with van der Waals surface area (Å²) in [5, 5.41) is 0. The lowest BCUT2D eigenvalue weighted by molar-refractivity contribution is -0.136. The maximum atomic E-state index is 11.7. The Morgan fingerprint density at radius 3 is 1.95 bits per heavy atom. The highest BCUT2D eigenvalue weighted by atomic mass is 16.6. The van der Waals surface area contributed by atoms with Gasteiger partial charge in [-0.1, -0.05) is 0 Å². The fourth-order valence-corrected chi connectivity index (χ4v) is 1.80. The zero-order valence-electron chi connectivity index (χ0n) is 10.7. The van der Waals surface area contributed by atoms with Gasteiger partial charge in [0.15, 0.2) is 0 Å². The van der Waals surface area contributed by atoms with E-state index in [4.69, 9.17) is 5.73 Å². The van der Waals surface area contributed by atoms with Crippen molar-refractivity contribution in [2.75, 3.05) is 13.1 Å². The van der Waals surface area contributed by atoms with E-state index >= 15 is 0 Å². The van der Waals surface area contributed by atoms with Crippen LogP contribution in [0.2, 0.25) is 0 Å². The third kappa shape index (κ3) is 4.96. The molecule has 1 rings (SSSR count). The van der Waals surface area contributed by atoms with Crippen LogP contribution >= 0.6 is 0 Å². The van der Waals surface area contributed by atoms with E-state index in [1.807, 2.05) is 0 Å². The molecule has 1 fully saturated rings. The van der Waals surface area contributed by atoms with Crippen LogP contribution < -0.4 is 11.5 Å². The Balaban J connectivity index is 2.90. The summed E-state index contributed by atoms with van der Waals surface area (Å²) in [7, 11) is 0. The fraction of sp³-hybridized carbons (Fsp3) is 0.455. The lowest BCUT2D eigenvalue weighted by Crippen LogP contribution is -2.35. The van der Waals surface area contributed by atoms with Crippen LogP contribution in [0, 0.1) is 0 Å². The fourth-order valence-electron chi connectivity index (χ4n) is 1.80. The molecule has 0 bridgehead atoms. The molecule has 0 spiro atoms. The Bertz CT molecular complexity index is 453. The van der Waals surface area contributed by atoms with Crippen LogP contribution in [0.15, 0.2) is 11.8 Å². The van der Waals surface area contributed by atoms with Crippen LogP contribution in [-0.2, 0) is 19.1 Å². The number of primary amides is 2. The molecule has 20 heavy (non-hydrogen) atoms. The molecular weight excluding hydrogens is 270 g/mol. The van der Waals surface area contributed by atoms with Crippen LogP contribution in [0.4, 0.5) is 9.59 Å². The Labute approximate surface area is 114 Å². The first-order valence-corrected chi connectivity index (χ1v) is 5.89.